The van der Waals surface area contributed by atoms with Gasteiger partial charge in [0.2, 0.25) is 0 Å². The number of hydrogen-bond acceptors (Lipinski definition) is 2. The Morgan fingerprint density at radius 1 is 1.39 bits per heavy atom. The molecule has 2 N–H and O–H groups in total. The summed E-state index contributed by atoms with van der Waals surface area (Å²) in [6.45, 7) is 4.88. The molecule has 1 aliphatic rings. The van der Waals surface area contributed by atoms with Crippen molar-refractivity contribution in [3.63, 3.8) is 0 Å². The summed E-state index contributed by atoms with van der Waals surface area (Å²) in [5.74, 6) is -0.931. The SMILES string of the molecule is CCc1ccc(CC)c(C2CC(C(=O)O)CN2)c1. The van der Waals surface area contributed by atoms with Gasteiger partial charge in [-0.05, 0) is 36.0 Å². The van der Waals surface area contributed by atoms with Gasteiger partial charge >= 0.3 is 5.97 Å². The Bertz CT molecular complexity index is 442. The van der Waals surface area contributed by atoms with Crippen LogP contribution in [0.25, 0.3) is 0 Å². The Morgan fingerprint density at radius 2 is 2.17 bits per heavy atom. The van der Waals surface area contributed by atoms with Crippen LogP contribution in [0, 0.1) is 5.92 Å². The minimum atomic E-state index is -0.685. The Hall–Kier alpha value is -1.35. The van der Waals surface area contributed by atoms with Crippen LogP contribution in [0.1, 0.15) is 43.0 Å². The molecule has 2 rings (SSSR count). The van der Waals surface area contributed by atoms with Crippen molar-refractivity contribution in [1.29, 1.82) is 0 Å². The summed E-state index contributed by atoms with van der Waals surface area (Å²) in [7, 11) is 0. The highest BCUT2D eigenvalue weighted by Crippen LogP contribution is 2.30. The molecule has 0 aromatic heterocycles. The van der Waals surface area contributed by atoms with E-state index in [2.05, 4.69) is 37.4 Å². The first-order valence-electron chi connectivity index (χ1n) is 6.73. The van der Waals surface area contributed by atoms with Gasteiger partial charge in [0.05, 0.1) is 5.92 Å². The molecule has 1 heterocycles. The lowest BCUT2D eigenvalue weighted by Gasteiger charge is -2.16. The van der Waals surface area contributed by atoms with Crippen LogP contribution in [0.2, 0.25) is 0 Å². The van der Waals surface area contributed by atoms with Crippen molar-refractivity contribution in [2.75, 3.05) is 6.54 Å². The second kappa shape index (κ2) is 5.53. The molecule has 0 aliphatic carbocycles. The molecule has 2 atom stereocenters. The molecule has 18 heavy (non-hydrogen) atoms. The predicted molar refractivity (Wildman–Crippen MR) is 71.7 cm³/mol. The highest BCUT2D eigenvalue weighted by atomic mass is 16.4. The van der Waals surface area contributed by atoms with E-state index >= 15 is 0 Å². The third-order valence-electron chi connectivity index (χ3n) is 3.85. The second-order valence-electron chi connectivity index (χ2n) is 4.97. The number of hydrogen-bond donors (Lipinski definition) is 2. The minimum Gasteiger partial charge on any atom is -0.481 e. The standard InChI is InChI=1S/C15H21NO2/c1-3-10-5-6-11(4-2)13(7-10)14-8-12(9-16-14)15(17)18/h5-7,12,14,16H,3-4,8-9H2,1-2H3,(H,17,18). The molecule has 0 saturated carbocycles. The van der Waals surface area contributed by atoms with Crippen molar-refractivity contribution in [3.8, 4) is 0 Å². The molecule has 1 fully saturated rings. The second-order valence-corrected chi connectivity index (χ2v) is 4.97. The van der Waals surface area contributed by atoms with E-state index < -0.39 is 5.97 Å². The van der Waals surface area contributed by atoms with Crippen molar-refractivity contribution in [2.45, 2.75) is 39.2 Å². The summed E-state index contributed by atoms with van der Waals surface area (Å²) in [5, 5.41) is 12.4. The topological polar surface area (TPSA) is 49.3 Å². The first-order valence-corrected chi connectivity index (χ1v) is 6.73. The van der Waals surface area contributed by atoms with Crippen LogP contribution in [0.4, 0.5) is 0 Å². The highest BCUT2D eigenvalue weighted by Gasteiger charge is 2.30. The Morgan fingerprint density at radius 3 is 2.72 bits per heavy atom. The highest BCUT2D eigenvalue weighted by molar-refractivity contribution is 5.70. The summed E-state index contributed by atoms with van der Waals surface area (Å²) < 4.78 is 0. The van der Waals surface area contributed by atoms with Gasteiger partial charge in [-0.1, -0.05) is 32.0 Å². The number of rotatable bonds is 4. The number of carbonyl (C=O) groups is 1. The van der Waals surface area contributed by atoms with Crippen molar-refractivity contribution in [1.82, 2.24) is 5.32 Å². The molecule has 1 aromatic rings. The molecule has 0 bridgehead atoms. The maximum absolute atomic E-state index is 11.0. The van der Waals surface area contributed by atoms with Crippen LogP contribution in [0.5, 0.6) is 0 Å². The van der Waals surface area contributed by atoms with E-state index in [1.807, 2.05) is 0 Å². The molecule has 2 unspecified atom stereocenters. The maximum Gasteiger partial charge on any atom is 0.307 e. The largest absolute Gasteiger partial charge is 0.481 e. The molecule has 0 amide bonds. The average molecular weight is 247 g/mol. The molecule has 98 valence electrons. The van der Waals surface area contributed by atoms with E-state index in [9.17, 15) is 4.79 Å². The van der Waals surface area contributed by atoms with Crippen LogP contribution < -0.4 is 5.32 Å². The smallest absolute Gasteiger partial charge is 0.307 e. The van der Waals surface area contributed by atoms with E-state index in [-0.39, 0.29) is 12.0 Å². The van der Waals surface area contributed by atoms with Crippen molar-refractivity contribution in [3.05, 3.63) is 34.9 Å². The zero-order chi connectivity index (χ0) is 13.1. The summed E-state index contributed by atoms with van der Waals surface area (Å²) in [4.78, 5) is 11.0. The first kappa shape index (κ1) is 13.1. The van der Waals surface area contributed by atoms with Gasteiger partial charge in [0.25, 0.3) is 0 Å². The summed E-state index contributed by atoms with van der Waals surface area (Å²) >= 11 is 0. The quantitative estimate of drug-likeness (QED) is 0.859. The molecule has 1 aliphatic heterocycles. The van der Waals surface area contributed by atoms with Crippen LogP contribution in [-0.4, -0.2) is 17.6 Å². The molecule has 0 radical (unpaired) electrons. The predicted octanol–water partition coefficient (Wildman–Crippen LogP) is 2.55. The third-order valence-corrected chi connectivity index (χ3v) is 3.85. The van der Waals surface area contributed by atoms with Crippen molar-refractivity contribution >= 4 is 5.97 Å². The van der Waals surface area contributed by atoms with E-state index in [4.69, 9.17) is 5.11 Å². The van der Waals surface area contributed by atoms with Gasteiger partial charge in [0.15, 0.2) is 0 Å². The van der Waals surface area contributed by atoms with Crippen LogP contribution in [-0.2, 0) is 17.6 Å². The first-order chi connectivity index (χ1) is 8.65. The zero-order valence-electron chi connectivity index (χ0n) is 11.1. The lowest BCUT2D eigenvalue weighted by atomic mass is 9.93. The fourth-order valence-corrected chi connectivity index (χ4v) is 2.67. The van der Waals surface area contributed by atoms with E-state index in [0.29, 0.717) is 13.0 Å². The molecule has 3 nitrogen and oxygen atoms in total. The van der Waals surface area contributed by atoms with Gasteiger partial charge < -0.3 is 10.4 Å². The number of aryl methyl sites for hydroxylation is 2. The molecular weight excluding hydrogens is 226 g/mol. The lowest BCUT2D eigenvalue weighted by molar-refractivity contribution is -0.141. The van der Waals surface area contributed by atoms with Gasteiger partial charge in [-0.15, -0.1) is 0 Å². The number of aliphatic carboxylic acids is 1. The third kappa shape index (κ3) is 2.56. The molecular formula is C15H21NO2. The Balaban J connectivity index is 2.24. The molecule has 1 aromatic carbocycles. The van der Waals surface area contributed by atoms with Gasteiger partial charge in [-0.2, -0.15) is 0 Å². The fourth-order valence-electron chi connectivity index (χ4n) is 2.67. The fraction of sp³-hybridized carbons (Fsp3) is 0.533. The lowest BCUT2D eigenvalue weighted by Crippen LogP contribution is -2.17. The van der Waals surface area contributed by atoms with E-state index in [1.54, 1.807) is 0 Å². The molecule has 3 heteroatoms. The molecule has 1 saturated heterocycles. The van der Waals surface area contributed by atoms with Crippen LogP contribution in [0.15, 0.2) is 18.2 Å². The summed E-state index contributed by atoms with van der Waals surface area (Å²) in [6, 6.07) is 6.80. The van der Waals surface area contributed by atoms with Crippen molar-refractivity contribution in [2.24, 2.45) is 5.92 Å². The number of carboxylic acids is 1. The Labute approximate surface area is 108 Å². The van der Waals surface area contributed by atoms with Crippen LogP contribution >= 0.6 is 0 Å². The number of nitrogens with one attached hydrogen (secondary N) is 1. The summed E-state index contributed by atoms with van der Waals surface area (Å²) in [5.41, 5.74) is 3.94. The number of benzene rings is 1. The Kier molecular flexibility index (Phi) is 4.02. The average Bonchev–Trinajstić information content (AvgIpc) is 2.87. The van der Waals surface area contributed by atoms with Gasteiger partial charge in [0.1, 0.15) is 0 Å². The monoisotopic (exact) mass is 247 g/mol. The minimum absolute atomic E-state index is 0.201. The van der Waals surface area contributed by atoms with Gasteiger partial charge in [-0.25, -0.2) is 0 Å². The zero-order valence-corrected chi connectivity index (χ0v) is 11.1. The number of carboxylic acid groups (broad SMARTS) is 1. The van der Waals surface area contributed by atoms with E-state index in [1.165, 1.54) is 16.7 Å². The van der Waals surface area contributed by atoms with Crippen LogP contribution in [0.3, 0.4) is 0 Å². The normalized spacial score (nSPS) is 23.2. The van der Waals surface area contributed by atoms with Crippen molar-refractivity contribution < 1.29 is 9.90 Å². The maximum atomic E-state index is 11.0. The molecule has 0 spiro atoms. The van der Waals surface area contributed by atoms with Gasteiger partial charge in [-0.3, -0.25) is 4.79 Å². The summed E-state index contributed by atoms with van der Waals surface area (Å²) in [6.07, 6.45) is 2.72. The van der Waals surface area contributed by atoms with Gasteiger partial charge in [0, 0.05) is 12.6 Å². The van der Waals surface area contributed by atoms with E-state index in [0.717, 1.165) is 12.8 Å².